The van der Waals surface area contributed by atoms with Crippen LogP contribution in [-0.4, -0.2) is 12.5 Å². The van der Waals surface area contributed by atoms with E-state index in [0.717, 1.165) is 21.4 Å². The van der Waals surface area contributed by atoms with E-state index in [1.807, 2.05) is 36.4 Å². The molecule has 2 aromatic rings. The molecule has 4 heteroatoms. The minimum atomic E-state index is -0.127. The number of nitrogens with one attached hydrogen (secondary N) is 2. The van der Waals surface area contributed by atoms with Crippen molar-refractivity contribution in [3.63, 3.8) is 0 Å². The Labute approximate surface area is 131 Å². The van der Waals surface area contributed by atoms with Crippen LogP contribution in [0.2, 0.25) is 0 Å². The van der Waals surface area contributed by atoms with Gasteiger partial charge in [0.2, 0.25) is 5.91 Å². The zero-order valence-corrected chi connectivity index (χ0v) is 13.1. The number of rotatable bonds is 2. The van der Waals surface area contributed by atoms with Crippen molar-refractivity contribution in [1.82, 2.24) is 5.32 Å². The summed E-state index contributed by atoms with van der Waals surface area (Å²) in [6.07, 6.45) is 0. The van der Waals surface area contributed by atoms with Crippen molar-refractivity contribution in [2.45, 2.75) is 12.5 Å². The van der Waals surface area contributed by atoms with Crippen LogP contribution >= 0.6 is 22.6 Å². The lowest BCUT2D eigenvalue weighted by atomic mass is 9.90. The minimum Gasteiger partial charge on any atom is -0.325 e. The van der Waals surface area contributed by atoms with Crippen LogP contribution in [0.1, 0.15) is 17.0 Å². The van der Waals surface area contributed by atoms with Gasteiger partial charge in [0.25, 0.3) is 0 Å². The van der Waals surface area contributed by atoms with E-state index in [0.29, 0.717) is 6.54 Å². The molecule has 1 atom stereocenters. The molecule has 1 aliphatic heterocycles. The Kier molecular flexibility index (Phi) is 4.03. The molecule has 0 aromatic heterocycles. The Hall–Kier alpha value is -1.40. The summed E-state index contributed by atoms with van der Waals surface area (Å²) in [6, 6.07) is 16.0. The third-order valence-corrected chi connectivity index (χ3v) is 4.17. The van der Waals surface area contributed by atoms with E-state index in [1.165, 1.54) is 5.56 Å². The van der Waals surface area contributed by atoms with Crippen LogP contribution in [0.15, 0.2) is 48.5 Å². The van der Waals surface area contributed by atoms with Crippen molar-refractivity contribution in [2.75, 3.05) is 11.9 Å². The lowest BCUT2D eigenvalue weighted by Crippen LogP contribution is -2.35. The molecule has 0 aliphatic carbocycles. The predicted molar refractivity (Wildman–Crippen MR) is 88.7 cm³/mol. The number of benzene rings is 2. The summed E-state index contributed by atoms with van der Waals surface area (Å²) in [5, 5.41) is 6.32. The van der Waals surface area contributed by atoms with Crippen LogP contribution in [0.4, 0.5) is 5.69 Å². The summed E-state index contributed by atoms with van der Waals surface area (Å²) in [5.41, 5.74) is 3.20. The van der Waals surface area contributed by atoms with E-state index in [2.05, 4.69) is 45.4 Å². The molecular weight excluding hydrogens is 363 g/mol. The first-order valence-electron chi connectivity index (χ1n) is 6.59. The second-order valence-corrected chi connectivity index (χ2v) is 6.13. The molecule has 1 amide bonds. The topological polar surface area (TPSA) is 41.1 Å². The maximum atomic E-state index is 12.5. The fourth-order valence-electron chi connectivity index (χ4n) is 2.53. The number of amides is 1. The summed E-state index contributed by atoms with van der Waals surface area (Å²) in [5.74, 6) is -0.0792. The highest BCUT2D eigenvalue weighted by Gasteiger charge is 2.25. The number of fused-ring (bicyclic) bond motifs is 1. The van der Waals surface area contributed by atoms with Gasteiger partial charge in [-0.2, -0.15) is 0 Å². The first kappa shape index (κ1) is 13.6. The van der Waals surface area contributed by atoms with Crippen LogP contribution < -0.4 is 10.6 Å². The number of carbonyl (C=O) groups excluding carboxylic acids is 1. The average Bonchev–Trinajstić information content (AvgIpc) is 2.46. The van der Waals surface area contributed by atoms with Gasteiger partial charge in [-0.15, -0.1) is 0 Å². The quantitative estimate of drug-likeness (QED) is 0.789. The maximum absolute atomic E-state index is 12.5. The molecule has 1 aliphatic rings. The maximum Gasteiger partial charge on any atom is 0.233 e. The molecule has 0 saturated carbocycles. The van der Waals surface area contributed by atoms with E-state index in [9.17, 15) is 4.79 Å². The summed E-state index contributed by atoms with van der Waals surface area (Å²) in [4.78, 5) is 12.5. The van der Waals surface area contributed by atoms with E-state index in [-0.39, 0.29) is 11.8 Å². The third-order valence-electron chi connectivity index (χ3n) is 3.50. The van der Waals surface area contributed by atoms with Crippen LogP contribution in [-0.2, 0) is 11.3 Å². The van der Waals surface area contributed by atoms with Gasteiger partial charge in [0.15, 0.2) is 0 Å². The molecule has 2 N–H and O–H groups in total. The highest BCUT2D eigenvalue weighted by molar-refractivity contribution is 14.1. The molecule has 2 aromatic carbocycles. The van der Waals surface area contributed by atoms with Crippen LogP contribution in [0.3, 0.4) is 0 Å². The highest BCUT2D eigenvalue weighted by Crippen LogP contribution is 2.25. The second kappa shape index (κ2) is 5.93. The molecular formula is C16H15IN2O. The van der Waals surface area contributed by atoms with Crippen molar-refractivity contribution >= 4 is 34.2 Å². The molecule has 0 fully saturated rings. The summed E-state index contributed by atoms with van der Waals surface area (Å²) in [6.45, 7) is 1.52. The van der Waals surface area contributed by atoms with Gasteiger partial charge in [-0.05, 0) is 51.9 Å². The number of halogens is 1. The number of hydrogen-bond acceptors (Lipinski definition) is 2. The molecule has 0 bridgehead atoms. The van der Waals surface area contributed by atoms with Crippen LogP contribution in [0, 0.1) is 3.57 Å². The fourth-order valence-corrected chi connectivity index (χ4v) is 3.07. The normalized spacial score (nSPS) is 17.4. The Morgan fingerprint density at radius 1 is 1.20 bits per heavy atom. The van der Waals surface area contributed by atoms with Gasteiger partial charge in [-0.25, -0.2) is 0 Å². The van der Waals surface area contributed by atoms with E-state index in [1.54, 1.807) is 0 Å². The Morgan fingerprint density at radius 3 is 2.90 bits per heavy atom. The number of anilines is 1. The number of carbonyl (C=O) groups is 1. The zero-order chi connectivity index (χ0) is 13.9. The monoisotopic (exact) mass is 378 g/mol. The van der Waals surface area contributed by atoms with Gasteiger partial charge >= 0.3 is 0 Å². The standard InChI is InChI=1S/C16H15IN2O/c17-12-5-3-6-13(8-12)19-16(20)15-10-18-9-11-4-1-2-7-14(11)15/h1-8,15,18H,9-10H2,(H,19,20). The fraction of sp³-hybridized carbons (Fsp3) is 0.188. The Morgan fingerprint density at radius 2 is 2.05 bits per heavy atom. The summed E-state index contributed by atoms with van der Waals surface area (Å²) in [7, 11) is 0. The molecule has 3 nitrogen and oxygen atoms in total. The third kappa shape index (κ3) is 2.86. The van der Waals surface area contributed by atoms with Crippen molar-refractivity contribution in [3.05, 3.63) is 63.2 Å². The van der Waals surface area contributed by atoms with Gasteiger partial charge in [-0.3, -0.25) is 4.79 Å². The zero-order valence-electron chi connectivity index (χ0n) is 10.9. The van der Waals surface area contributed by atoms with Gasteiger partial charge in [0.1, 0.15) is 0 Å². The van der Waals surface area contributed by atoms with Crippen molar-refractivity contribution in [2.24, 2.45) is 0 Å². The van der Waals surface area contributed by atoms with E-state index >= 15 is 0 Å². The Balaban J connectivity index is 1.82. The molecule has 3 rings (SSSR count). The predicted octanol–water partition coefficient (Wildman–Crippen LogP) is 3.12. The van der Waals surface area contributed by atoms with Crippen molar-refractivity contribution in [1.29, 1.82) is 0 Å². The summed E-state index contributed by atoms with van der Waals surface area (Å²) < 4.78 is 1.11. The lowest BCUT2D eigenvalue weighted by molar-refractivity contribution is -0.117. The molecule has 0 saturated heterocycles. The van der Waals surface area contributed by atoms with Crippen LogP contribution in [0.5, 0.6) is 0 Å². The smallest absolute Gasteiger partial charge is 0.233 e. The van der Waals surface area contributed by atoms with Crippen LogP contribution in [0.25, 0.3) is 0 Å². The largest absolute Gasteiger partial charge is 0.325 e. The molecule has 102 valence electrons. The first-order valence-corrected chi connectivity index (χ1v) is 7.67. The highest BCUT2D eigenvalue weighted by atomic mass is 127. The molecule has 1 heterocycles. The molecule has 20 heavy (non-hydrogen) atoms. The lowest BCUT2D eigenvalue weighted by Gasteiger charge is -2.25. The second-order valence-electron chi connectivity index (χ2n) is 4.88. The minimum absolute atomic E-state index is 0.0478. The Bertz CT molecular complexity index is 642. The van der Waals surface area contributed by atoms with Crippen molar-refractivity contribution < 1.29 is 4.79 Å². The first-order chi connectivity index (χ1) is 9.74. The van der Waals surface area contributed by atoms with Crippen molar-refractivity contribution in [3.8, 4) is 0 Å². The van der Waals surface area contributed by atoms with E-state index < -0.39 is 0 Å². The van der Waals surface area contributed by atoms with E-state index in [4.69, 9.17) is 0 Å². The van der Waals surface area contributed by atoms with Gasteiger partial charge in [0.05, 0.1) is 5.92 Å². The van der Waals surface area contributed by atoms with Gasteiger partial charge in [-0.1, -0.05) is 30.3 Å². The number of hydrogen-bond donors (Lipinski definition) is 2. The molecule has 0 spiro atoms. The SMILES string of the molecule is O=C(Nc1cccc(I)c1)C1CNCc2ccccc21. The average molecular weight is 378 g/mol. The molecule has 0 radical (unpaired) electrons. The molecule has 1 unspecified atom stereocenters. The summed E-state index contributed by atoms with van der Waals surface area (Å²) >= 11 is 2.24. The van der Waals surface area contributed by atoms with Gasteiger partial charge in [0, 0.05) is 22.3 Å². The van der Waals surface area contributed by atoms with Gasteiger partial charge < -0.3 is 10.6 Å².